The number of aromatic nitrogens is 2. The van der Waals surface area contributed by atoms with Crippen LogP contribution in [0.15, 0.2) is 24.5 Å². The first-order chi connectivity index (χ1) is 10.1. The monoisotopic (exact) mass is 326 g/mol. The van der Waals surface area contributed by atoms with Crippen LogP contribution in [0.1, 0.15) is 18.5 Å². The maximum absolute atomic E-state index is 6.22. The molecule has 21 heavy (non-hydrogen) atoms. The van der Waals surface area contributed by atoms with Gasteiger partial charge in [-0.2, -0.15) is 0 Å². The predicted molar refractivity (Wildman–Crippen MR) is 86.6 cm³/mol. The van der Waals surface area contributed by atoms with Crippen molar-refractivity contribution in [3.05, 3.63) is 40.1 Å². The van der Waals surface area contributed by atoms with Crippen LogP contribution in [0.3, 0.4) is 0 Å². The molecule has 0 fully saturated rings. The Morgan fingerprint density at radius 3 is 2.52 bits per heavy atom. The summed E-state index contributed by atoms with van der Waals surface area (Å²) in [7, 11) is 3.35. The molecule has 5 nitrogen and oxygen atoms in total. The van der Waals surface area contributed by atoms with Gasteiger partial charge in [0.1, 0.15) is 6.33 Å². The van der Waals surface area contributed by atoms with Gasteiger partial charge in [-0.25, -0.2) is 9.97 Å². The van der Waals surface area contributed by atoms with Crippen LogP contribution in [0, 0.1) is 0 Å². The topological polar surface area (TPSA) is 59.1 Å². The van der Waals surface area contributed by atoms with Gasteiger partial charge in [-0.15, -0.1) is 0 Å². The van der Waals surface area contributed by atoms with Crippen LogP contribution in [-0.4, -0.2) is 24.1 Å². The van der Waals surface area contributed by atoms with Crippen molar-refractivity contribution < 1.29 is 4.74 Å². The van der Waals surface area contributed by atoms with Crippen molar-refractivity contribution in [2.45, 2.75) is 13.0 Å². The number of nitrogens with one attached hydrogen (secondary N) is 2. The van der Waals surface area contributed by atoms with Gasteiger partial charge < -0.3 is 15.4 Å². The fourth-order valence-corrected chi connectivity index (χ4v) is 2.56. The summed E-state index contributed by atoms with van der Waals surface area (Å²) in [6.07, 6.45) is 1.47. The molecule has 7 heteroatoms. The molecule has 0 saturated heterocycles. The molecule has 0 bridgehead atoms. The fourth-order valence-electron chi connectivity index (χ4n) is 1.98. The van der Waals surface area contributed by atoms with Gasteiger partial charge in [0.25, 0.3) is 0 Å². The molecular weight excluding hydrogens is 311 g/mol. The van der Waals surface area contributed by atoms with Crippen LogP contribution < -0.4 is 15.4 Å². The highest BCUT2D eigenvalue weighted by Crippen LogP contribution is 2.33. The van der Waals surface area contributed by atoms with E-state index in [9.17, 15) is 0 Å². The van der Waals surface area contributed by atoms with E-state index >= 15 is 0 Å². The zero-order valence-corrected chi connectivity index (χ0v) is 13.5. The Hall–Kier alpha value is -1.72. The molecule has 0 aliphatic carbocycles. The van der Waals surface area contributed by atoms with Gasteiger partial charge in [0.05, 0.1) is 13.2 Å². The van der Waals surface area contributed by atoms with Crippen molar-refractivity contribution in [1.29, 1.82) is 0 Å². The minimum absolute atomic E-state index is 0.0664. The molecule has 2 aromatic rings. The first-order valence-corrected chi connectivity index (χ1v) is 7.10. The van der Waals surface area contributed by atoms with Crippen LogP contribution in [0.4, 0.5) is 11.6 Å². The molecule has 1 aromatic carbocycles. The Morgan fingerprint density at radius 1 is 1.19 bits per heavy atom. The Balaban J connectivity index is 2.29. The molecule has 1 heterocycles. The zero-order valence-electron chi connectivity index (χ0n) is 11.9. The molecule has 0 aliphatic rings. The van der Waals surface area contributed by atoms with E-state index < -0.39 is 0 Å². The minimum Gasteiger partial charge on any atom is -0.490 e. The summed E-state index contributed by atoms with van der Waals surface area (Å²) >= 11 is 12.1. The molecule has 1 atom stereocenters. The lowest BCUT2D eigenvalue weighted by molar-refractivity contribution is 0.414. The Labute approximate surface area is 133 Å². The Morgan fingerprint density at radius 2 is 1.90 bits per heavy atom. The number of methoxy groups -OCH3 is 1. The molecule has 2 rings (SSSR count). The summed E-state index contributed by atoms with van der Waals surface area (Å²) < 4.78 is 5.35. The van der Waals surface area contributed by atoms with Crippen molar-refractivity contribution in [3.8, 4) is 5.75 Å². The highest BCUT2D eigenvalue weighted by Gasteiger charge is 2.16. The second-order valence-electron chi connectivity index (χ2n) is 4.39. The van der Waals surface area contributed by atoms with Crippen molar-refractivity contribution >= 4 is 34.8 Å². The minimum atomic E-state index is -0.0664. The van der Waals surface area contributed by atoms with Gasteiger partial charge >= 0.3 is 0 Å². The summed E-state index contributed by atoms with van der Waals surface area (Å²) in [4.78, 5) is 8.32. The molecule has 0 spiro atoms. The first-order valence-electron chi connectivity index (χ1n) is 6.35. The molecular formula is C14H16Cl2N4O. The smallest absolute Gasteiger partial charge is 0.204 e. The van der Waals surface area contributed by atoms with Gasteiger partial charge in [-0.3, -0.25) is 0 Å². The van der Waals surface area contributed by atoms with E-state index in [2.05, 4.69) is 20.6 Å². The van der Waals surface area contributed by atoms with Crippen molar-refractivity contribution in [3.63, 3.8) is 0 Å². The molecule has 1 aromatic heterocycles. The van der Waals surface area contributed by atoms with E-state index in [1.165, 1.54) is 6.33 Å². The second kappa shape index (κ2) is 6.83. The molecule has 0 amide bonds. The van der Waals surface area contributed by atoms with Crippen molar-refractivity contribution in [2.24, 2.45) is 0 Å². The van der Waals surface area contributed by atoms with Crippen LogP contribution >= 0.6 is 23.2 Å². The Bertz CT molecular complexity index is 636. The van der Waals surface area contributed by atoms with E-state index in [0.717, 1.165) is 5.56 Å². The lowest BCUT2D eigenvalue weighted by Crippen LogP contribution is -2.11. The van der Waals surface area contributed by atoms with Gasteiger partial charge in [-0.05, 0) is 24.6 Å². The lowest BCUT2D eigenvalue weighted by Gasteiger charge is -2.19. The van der Waals surface area contributed by atoms with Gasteiger partial charge in [0.15, 0.2) is 11.6 Å². The van der Waals surface area contributed by atoms with E-state index in [4.69, 9.17) is 27.9 Å². The Kier molecular flexibility index (Phi) is 5.09. The zero-order chi connectivity index (χ0) is 15.4. The van der Waals surface area contributed by atoms with Crippen LogP contribution in [-0.2, 0) is 0 Å². The fraction of sp³-hybridized carbons (Fsp3) is 0.286. The maximum atomic E-state index is 6.22. The number of ether oxygens (including phenoxy) is 1. The highest BCUT2D eigenvalue weighted by atomic mass is 35.5. The van der Waals surface area contributed by atoms with Crippen molar-refractivity contribution in [2.75, 3.05) is 24.8 Å². The van der Waals surface area contributed by atoms with E-state index in [1.807, 2.05) is 13.0 Å². The maximum Gasteiger partial charge on any atom is 0.204 e. The molecule has 0 aliphatic heterocycles. The number of hydrogen-bond donors (Lipinski definition) is 2. The standard InChI is InChI=1S/C14H16Cl2N4O/c1-8(10-5-4-9(15)6-11(10)16)20-14-12(21-3)13(17-2)18-7-19-14/h4-8H,1-3H3,(H2,17,18,19,20). The number of anilines is 2. The highest BCUT2D eigenvalue weighted by molar-refractivity contribution is 6.35. The lowest BCUT2D eigenvalue weighted by atomic mass is 10.1. The summed E-state index contributed by atoms with van der Waals surface area (Å²) in [5.74, 6) is 1.76. The molecule has 0 saturated carbocycles. The summed E-state index contributed by atoms with van der Waals surface area (Å²) in [6.45, 7) is 1.98. The number of benzene rings is 1. The SMILES string of the molecule is CNc1ncnc(NC(C)c2ccc(Cl)cc2Cl)c1OC. The summed E-state index contributed by atoms with van der Waals surface area (Å²) in [5.41, 5.74) is 0.924. The third-order valence-corrected chi connectivity index (χ3v) is 3.59. The normalized spacial score (nSPS) is 11.9. The number of nitrogens with zero attached hydrogens (tertiary/aromatic N) is 2. The molecule has 112 valence electrons. The van der Waals surface area contributed by atoms with Gasteiger partial charge in [0, 0.05) is 17.1 Å². The molecule has 0 radical (unpaired) electrons. The predicted octanol–water partition coefficient (Wildman–Crippen LogP) is 4.01. The number of hydrogen-bond acceptors (Lipinski definition) is 5. The summed E-state index contributed by atoms with van der Waals surface area (Å²) in [6, 6.07) is 5.34. The van der Waals surface area contributed by atoms with E-state index in [-0.39, 0.29) is 6.04 Å². The third-order valence-electron chi connectivity index (χ3n) is 3.03. The quantitative estimate of drug-likeness (QED) is 0.869. The molecule has 2 N–H and O–H groups in total. The number of halogens is 2. The van der Waals surface area contributed by atoms with Gasteiger partial charge in [-0.1, -0.05) is 29.3 Å². The summed E-state index contributed by atoms with van der Waals surface area (Å²) in [5, 5.41) is 7.43. The first kappa shape index (κ1) is 15.7. The van der Waals surface area contributed by atoms with Crippen LogP contribution in [0.25, 0.3) is 0 Å². The van der Waals surface area contributed by atoms with E-state index in [1.54, 1.807) is 26.3 Å². The van der Waals surface area contributed by atoms with Crippen LogP contribution in [0.2, 0.25) is 10.0 Å². The van der Waals surface area contributed by atoms with E-state index in [0.29, 0.717) is 27.4 Å². The molecule has 1 unspecified atom stereocenters. The average Bonchev–Trinajstić information content (AvgIpc) is 2.46. The van der Waals surface area contributed by atoms with Gasteiger partial charge in [0.2, 0.25) is 5.75 Å². The average molecular weight is 327 g/mol. The second-order valence-corrected chi connectivity index (χ2v) is 5.23. The number of rotatable bonds is 5. The van der Waals surface area contributed by atoms with Crippen LogP contribution in [0.5, 0.6) is 5.75 Å². The third kappa shape index (κ3) is 3.49. The largest absolute Gasteiger partial charge is 0.490 e. The van der Waals surface area contributed by atoms with Crippen molar-refractivity contribution in [1.82, 2.24) is 9.97 Å².